The number of methoxy groups -OCH3 is 1. The summed E-state index contributed by atoms with van der Waals surface area (Å²) >= 11 is 0. The normalized spacial score (nSPS) is 13.4. The van der Waals surface area contributed by atoms with Crippen LogP contribution in [0.4, 0.5) is 11.4 Å². The molecule has 0 saturated carbocycles. The average molecular weight is 295 g/mol. The zero-order valence-corrected chi connectivity index (χ0v) is 12.3. The molecular weight excluding hydrogens is 278 g/mol. The largest absolute Gasteiger partial charge is 0.497 e. The predicted octanol–water partition coefficient (Wildman–Crippen LogP) is 2.36. The molecule has 0 atom stereocenters. The number of carbonyl (C=O) groups is 1. The van der Waals surface area contributed by atoms with Crippen LogP contribution in [0.3, 0.4) is 0 Å². The van der Waals surface area contributed by atoms with Crippen molar-refractivity contribution in [1.29, 1.82) is 0 Å². The van der Waals surface area contributed by atoms with Crippen molar-refractivity contribution < 1.29 is 9.53 Å². The fraction of sp³-hybridized carbons (Fsp3) is 0.176. The molecule has 2 aromatic rings. The minimum atomic E-state index is -0.0737. The molecule has 2 aromatic carbocycles. The lowest BCUT2D eigenvalue weighted by molar-refractivity contribution is 0.0987. The summed E-state index contributed by atoms with van der Waals surface area (Å²) in [5, 5.41) is 0. The van der Waals surface area contributed by atoms with Gasteiger partial charge in [-0.1, -0.05) is 6.07 Å². The van der Waals surface area contributed by atoms with Gasteiger partial charge in [-0.05, 0) is 36.4 Å². The van der Waals surface area contributed by atoms with Crippen LogP contribution >= 0.6 is 0 Å². The number of anilines is 2. The van der Waals surface area contributed by atoms with Gasteiger partial charge in [0.2, 0.25) is 0 Å². The molecule has 0 aliphatic carbocycles. The van der Waals surface area contributed by atoms with Gasteiger partial charge in [0.1, 0.15) is 5.75 Å². The minimum Gasteiger partial charge on any atom is -0.497 e. The van der Waals surface area contributed by atoms with E-state index in [9.17, 15) is 4.79 Å². The Labute approximate surface area is 129 Å². The van der Waals surface area contributed by atoms with E-state index in [2.05, 4.69) is 4.99 Å². The van der Waals surface area contributed by atoms with Gasteiger partial charge < -0.3 is 15.4 Å². The monoisotopic (exact) mass is 295 g/mol. The molecule has 0 radical (unpaired) electrons. The quantitative estimate of drug-likeness (QED) is 0.865. The van der Waals surface area contributed by atoms with Crippen LogP contribution in [0.25, 0.3) is 0 Å². The number of benzodiazepines with no additional fused rings is 1. The maximum atomic E-state index is 12.9. The molecule has 112 valence electrons. The third-order valence-corrected chi connectivity index (χ3v) is 3.59. The summed E-state index contributed by atoms with van der Waals surface area (Å²) in [6.45, 7) is 1.09. The molecule has 1 aliphatic rings. The molecule has 0 unspecified atom stereocenters. The number of hydrogen-bond donors (Lipinski definition) is 1. The smallest absolute Gasteiger partial charge is 0.258 e. The second-order valence-corrected chi connectivity index (χ2v) is 5.04. The number of nitrogen functional groups attached to an aromatic ring is 1. The molecule has 0 fully saturated rings. The summed E-state index contributed by atoms with van der Waals surface area (Å²) in [6.07, 6.45) is 1.77. The van der Waals surface area contributed by atoms with Crippen LogP contribution in [0.1, 0.15) is 15.9 Å². The Hall–Kier alpha value is -2.82. The number of aliphatic imine (C=N–C) groups is 1. The lowest BCUT2D eigenvalue weighted by Gasteiger charge is -2.23. The van der Waals surface area contributed by atoms with Gasteiger partial charge in [-0.3, -0.25) is 9.79 Å². The minimum absolute atomic E-state index is 0.0737. The number of rotatable bonds is 2. The number of carbonyl (C=O) groups excluding carboxylic acids is 1. The van der Waals surface area contributed by atoms with Crippen LogP contribution in [0.2, 0.25) is 0 Å². The van der Waals surface area contributed by atoms with E-state index < -0.39 is 0 Å². The fourth-order valence-electron chi connectivity index (χ4n) is 2.49. The Morgan fingerprint density at radius 1 is 1.27 bits per heavy atom. The SMILES string of the molecule is COc1cccc(C(=O)N2CCN=Cc3cc(N)ccc32)c1. The first-order valence-electron chi connectivity index (χ1n) is 7.04. The maximum Gasteiger partial charge on any atom is 0.258 e. The van der Waals surface area contributed by atoms with Crippen LogP contribution in [-0.4, -0.2) is 32.3 Å². The molecule has 5 heteroatoms. The number of fused-ring (bicyclic) bond motifs is 1. The topological polar surface area (TPSA) is 67.9 Å². The second kappa shape index (κ2) is 5.89. The number of benzene rings is 2. The Balaban J connectivity index is 2.00. The highest BCUT2D eigenvalue weighted by Gasteiger charge is 2.21. The fourth-order valence-corrected chi connectivity index (χ4v) is 2.49. The van der Waals surface area contributed by atoms with Crippen LogP contribution < -0.4 is 15.4 Å². The van der Waals surface area contributed by atoms with Crippen molar-refractivity contribution in [3.8, 4) is 5.75 Å². The molecule has 1 heterocycles. The van der Waals surface area contributed by atoms with Crippen molar-refractivity contribution in [2.24, 2.45) is 4.99 Å². The van der Waals surface area contributed by atoms with Crippen molar-refractivity contribution in [3.63, 3.8) is 0 Å². The van der Waals surface area contributed by atoms with E-state index in [-0.39, 0.29) is 5.91 Å². The molecule has 0 spiro atoms. The first-order valence-corrected chi connectivity index (χ1v) is 7.04. The molecule has 1 amide bonds. The Kier molecular flexibility index (Phi) is 3.78. The number of amides is 1. The lowest BCUT2D eigenvalue weighted by atomic mass is 10.1. The molecule has 3 rings (SSSR count). The van der Waals surface area contributed by atoms with Gasteiger partial charge in [0.25, 0.3) is 5.91 Å². The molecule has 0 aromatic heterocycles. The van der Waals surface area contributed by atoms with E-state index >= 15 is 0 Å². The van der Waals surface area contributed by atoms with E-state index in [4.69, 9.17) is 10.5 Å². The van der Waals surface area contributed by atoms with Crippen molar-refractivity contribution in [1.82, 2.24) is 0 Å². The van der Waals surface area contributed by atoms with Crippen LogP contribution in [0.15, 0.2) is 47.5 Å². The highest BCUT2D eigenvalue weighted by Crippen LogP contribution is 2.26. The summed E-state index contributed by atoms with van der Waals surface area (Å²) in [5.74, 6) is 0.588. The van der Waals surface area contributed by atoms with Gasteiger partial charge in [0.15, 0.2) is 0 Å². The maximum absolute atomic E-state index is 12.9. The van der Waals surface area contributed by atoms with E-state index in [1.807, 2.05) is 24.3 Å². The standard InChI is InChI=1S/C17H17N3O2/c1-22-15-4-2-3-12(10-15)17(21)20-8-7-19-11-13-9-14(18)5-6-16(13)20/h2-6,9-11H,7-8,18H2,1H3. The van der Waals surface area contributed by atoms with Crippen molar-refractivity contribution in [2.75, 3.05) is 30.8 Å². The number of nitrogens with two attached hydrogens (primary N) is 1. The first-order chi connectivity index (χ1) is 10.7. The van der Waals surface area contributed by atoms with E-state index in [0.29, 0.717) is 30.1 Å². The Morgan fingerprint density at radius 3 is 2.95 bits per heavy atom. The number of nitrogens with zero attached hydrogens (tertiary/aromatic N) is 2. The third kappa shape index (κ3) is 2.65. The highest BCUT2D eigenvalue weighted by molar-refractivity contribution is 6.09. The van der Waals surface area contributed by atoms with Gasteiger partial charge in [0, 0.05) is 29.6 Å². The lowest BCUT2D eigenvalue weighted by Crippen LogP contribution is -2.33. The van der Waals surface area contributed by atoms with Crippen LogP contribution in [0.5, 0.6) is 5.75 Å². The Bertz CT molecular complexity index is 740. The summed E-state index contributed by atoms with van der Waals surface area (Å²) in [7, 11) is 1.58. The van der Waals surface area contributed by atoms with Crippen LogP contribution in [0, 0.1) is 0 Å². The summed E-state index contributed by atoms with van der Waals surface area (Å²) in [6, 6.07) is 12.6. The third-order valence-electron chi connectivity index (χ3n) is 3.59. The van der Waals surface area contributed by atoms with Gasteiger partial charge in [0.05, 0.1) is 19.3 Å². The molecule has 5 nitrogen and oxygen atoms in total. The van der Waals surface area contributed by atoms with E-state index in [1.165, 1.54) is 0 Å². The van der Waals surface area contributed by atoms with Crippen molar-refractivity contribution >= 4 is 23.5 Å². The van der Waals surface area contributed by atoms with Gasteiger partial charge >= 0.3 is 0 Å². The van der Waals surface area contributed by atoms with E-state index in [0.717, 1.165) is 11.3 Å². The zero-order chi connectivity index (χ0) is 15.5. The number of ether oxygens (including phenoxy) is 1. The molecule has 0 saturated heterocycles. The van der Waals surface area contributed by atoms with E-state index in [1.54, 1.807) is 36.4 Å². The molecule has 2 N–H and O–H groups in total. The van der Waals surface area contributed by atoms with Crippen molar-refractivity contribution in [3.05, 3.63) is 53.6 Å². The second-order valence-electron chi connectivity index (χ2n) is 5.04. The van der Waals surface area contributed by atoms with Gasteiger partial charge in [-0.15, -0.1) is 0 Å². The summed E-state index contributed by atoms with van der Waals surface area (Å²) in [4.78, 5) is 18.9. The zero-order valence-electron chi connectivity index (χ0n) is 12.3. The highest BCUT2D eigenvalue weighted by atomic mass is 16.5. The first kappa shape index (κ1) is 14.1. The van der Waals surface area contributed by atoms with Gasteiger partial charge in [-0.25, -0.2) is 0 Å². The number of hydrogen-bond acceptors (Lipinski definition) is 4. The predicted molar refractivity (Wildman–Crippen MR) is 88.0 cm³/mol. The average Bonchev–Trinajstić information content (AvgIpc) is 2.76. The van der Waals surface area contributed by atoms with Crippen molar-refractivity contribution in [2.45, 2.75) is 0 Å². The molecule has 1 aliphatic heterocycles. The van der Waals surface area contributed by atoms with Gasteiger partial charge in [-0.2, -0.15) is 0 Å². The molecular formula is C17H17N3O2. The van der Waals surface area contributed by atoms with Crippen LogP contribution in [-0.2, 0) is 0 Å². The Morgan fingerprint density at radius 2 is 2.14 bits per heavy atom. The molecule has 0 bridgehead atoms. The summed E-state index contributed by atoms with van der Waals surface area (Å²) in [5.41, 5.74) is 8.74. The molecule has 22 heavy (non-hydrogen) atoms. The summed E-state index contributed by atoms with van der Waals surface area (Å²) < 4.78 is 5.19.